The van der Waals surface area contributed by atoms with E-state index >= 15 is 0 Å². The van der Waals surface area contributed by atoms with E-state index in [1.165, 1.54) is 30.5 Å². The lowest BCUT2D eigenvalue weighted by molar-refractivity contribution is 0.0970. The number of hydrogen-bond donors (Lipinski definition) is 2. The number of benzene rings is 1. The summed E-state index contributed by atoms with van der Waals surface area (Å²) in [6.07, 6.45) is 3.76. The van der Waals surface area contributed by atoms with Crippen LogP contribution in [0.2, 0.25) is 0 Å². The summed E-state index contributed by atoms with van der Waals surface area (Å²) in [7, 11) is 0. The Balaban J connectivity index is 1.95. The van der Waals surface area contributed by atoms with Crippen molar-refractivity contribution in [1.82, 2.24) is 5.32 Å². The fourth-order valence-corrected chi connectivity index (χ4v) is 5.12. The van der Waals surface area contributed by atoms with E-state index in [4.69, 9.17) is 0 Å². The van der Waals surface area contributed by atoms with Crippen molar-refractivity contribution in [3.8, 4) is 5.75 Å². The van der Waals surface area contributed by atoms with Gasteiger partial charge in [-0.3, -0.25) is 0 Å². The van der Waals surface area contributed by atoms with Gasteiger partial charge in [0.25, 0.3) is 0 Å². The predicted molar refractivity (Wildman–Crippen MR) is 97.3 cm³/mol. The van der Waals surface area contributed by atoms with Crippen LogP contribution in [0.15, 0.2) is 18.2 Å². The van der Waals surface area contributed by atoms with Crippen LogP contribution >= 0.6 is 0 Å². The van der Waals surface area contributed by atoms with E-state index in [9.17, 15) is 5.11 Å². The highest BCUT2D eigenvalue weighted by molar-refractivity contribution is 5.59. The first-order valence-electron chi connectivity index (χ1n) is 9.04. The second-order valence-electron chi connectivity index (χ2n) is 9.09. The zero-order valence-corrected chi connectivity index (χ0v) is 15.2. The third kappa shape index (κ3) is 3.82. The number of aromatic hydroxyl groups is 1. The third-order valence-electron chi connectivity index (χ3n) is 5.47. The van der Waals surface area contributed by atoms with Crippen molar-refractivity contribution in [2.45, 2.75) is 52.9 Å². The number of phenolic OH excluding ortho intramolecular Hbond substituents is 1. The van der Waals surface area contributed by atoms with Crippen LogP contribution in [-0.4, -0.2) is 31.3 Å². The van der Waals surface area contributed by atoms with Crippen molar-refractivity contribution in [3.05, 3.63) is 23.8 Å². The summed E-state index contributed by atoms with van der Waals surface area (Å²) < 4.78 is 0. The molecule has 2 aliphatic rings. The van der Waals surface area contributed by atoms with Crippen LogP contribution in [0, 0.1) is 10.8 Å². The average molecular weight is 316 g/mol. The van der Waals surface area contributed by atoms with E-state index < -0.39 is 0 Å². The Labute approximate surface area is 141 Å². The molecule has 1 aliphatic carbocycles. The Morgan fingerprint density at radius 1 is 1.04 bits per heavy atom. The Bertz CT molecular complexity index is 543. The molecule has 0 bridgehead atoms. The maximum absolute atomic E-state index is 10.0. The van der Waals surface area contributed by atoms with Crippen LogP contribution in [0.1, 0.15) is 58.4 Å². The quantitative estimate of drug-likeness (QED) is 0.861. The van der Waals surface area contributed by atoms with Gasteiger partial charge in [-0.2, -0.15) is 0 Å². The van der Waals surface area contributed by atoms with Gasteiger partial charge in [0.1, 0.15) is 5.75 Å². The Morgan fingerprint density at radius 3 is 2.26 bits per heavy atom. The van der Waals surface area contributed by atoms with Gasteiger partial charge in [0.2, 0.25) is 0 Å². The fraction of sp³-hybridized carbons (Fsp3) is 0.700. The minimum absolute atomic E-state index is 0.380. The summed E-state index contributed by atoms with van der Waals surface area (Å²) in [6, 6.07) is 6.03. The highest BCUT2D eigenvalue weighted by Crippen LogP contribution is 2.53. The Hall–Kier alpha value is -1.22. The zero-order valence-electron chi connectivity index (χ0n) is 15.2. The summed E-state index contributed by atoms with van der Waals surface area (Å²) in [5, 5.41) is 13.4. The number of piperazine rings is 1. The molecule has 3 heteroatoms. The lowest BCUT2D eigenvalue weighted by Crippen LogP contribution is -2.44. The predicted octanol–water partition coefficient (Wildman–Crippen LogP) is 4.12. The van der Waals surface area contributed by atoms with E-state index in [1.807, 2.05) is 12.1 Å². The van der Waals surface area contributed by atoms with Crippen molar-refractivity contribution >= 4 is 5.69 Å². The Morgan fingerprint density at radius 2 is 1.65 bits per heavy atom. The Kier molecular flexibility index (Phi) is 4.35. The van der Waals surface area contributed by atoms with Gasteiger partial charge in [0.05, 0.1) is 0 Å². The molecule has 1 saturated heterocycles. The first-order chi connectivity index (χ1) is 10.8. The molecule has 3 rings (SSSR count). The minimum atomic E-state index is 0.380. The number of nitrogens with zero attached hydrogens (tertiary/aromatic N) is 1. The van der Waals surface area contributed by atoms with Crippen LogP contribution in [0.3, 0.4) is 0 Å². The molecule has 0 unspecified atom stereocenters. The fourth-order valence-electron chi connectivity index (χ4n) is 5.12. The molecule has 0 aromatic heterocycles. The van der Waals surface area contributed by atoms with E-state index in [0.717, 1.165) is 26.2 Å². The van der Waals surface area contributed by atoms with Gasteiger partial charge >= 0.3 is 0 Å². The van der Waals surface area contributed by atoms with Crippen molar-refractivity contribution in [2.24, 2.45) is 10.8 Å². The molecule has 0 atom stereocenters. The molecule has 128 valence electrons. The molecule has 1 aromatic rings. The molecule has 23 heavy (non-hydrogen) atoms. The summed E-state index contributed by atoms with van der Waals surface area (Å²) in [5.74, 6) is 0.968. The van der Waals surface area contributed by atoms with E-state index in [2.05, 4.69) is 44.0 Å². The monoisotopic (exact) mass is 316 g/mol. The van der Waals surface area contributed by atoms with Gasteiger partial charge in [0.15, 0.2) is 0 Å². The van der Waals surface area contributed by atoms with E-state index in [1.54, 1.807) is 0 Å². The number of phenols is 1. The second-order valence-corrected chi connectivity index (χ2v) is 9.09. The first-order valence-corrected chi connectivity index (χ1v) is 9.04. The van der Waals surface area contributed by atoms with Crippen molar-refractivity contribution < 1.29 is 5.11 Å². The highest BCUT2D eigenvalue weighted by Gasteiger charge is 2.39. The van der Waals surface area contributed by atoms with Crippen LogP contribution < -0.4 is 10.2 Å². The molecule has 1 aliphatic heterocycles. The highest BCUT2D eigenvalue weighted by atomic mass is 16.3. The molecule has 0 spiro atoms. The maximum Gasteiger partial charge on any atom is 0.117 e. The third-order valence-corrected chi connectivity index (χ3v) is 5.47. The maximum atomic E-state index is 10.0. The molecule has 0 radical (unpaired) electrons. The first kappa shape index (κ1) is 16.6. The normalized spacial score (nSPS) is 24.6. The van der Waals surface area contributed by atoms with Crippen molar-refractivity contribution in [3.63, 3.8) is 0 Å². The van der Waals surface area contributed by atoms with Gasteiger partial charge in [-0.15, -0.1) is 0 Å². The molecular formula is C20H32N2O. The summed E-state index contributed by atoms with van der Waals surface area (Å²) in [5.41, 5.74) is 3.45. The summed E-state index contributed by atoms with van der Waals surface area (Å²) in [4.78, 5) is 2.44. The molecule has 0 amide bonds. The number of rotatable bonds is 2. The molecule has 3 nitrogen and oxygen atoms in total. The number of nitrogens with one attached hydrogen (secondary N) is 1. The SMILES string of the molecule is CC1(C)CC(c2ccc(O)cc2N2CCNCC2)CC(C)(C)C1. The van der Waals surface area contributed by atoms with Gasteiger partial charge in [-0.05, 0) is 47.6 Å². The number of anilines is 1. The zero-order chi connectivity index (χ0) is 16.7. The van der Waals surface area contributed by atoms with Crippen LogP contribution in [0.4, 0.5) is 5.69 Å². The summed E-state index contributed by atoms with van der Waals surface area (Å²) >= 11 is 0. The second kappa shape index (κ2) is 6.01. The van der Waals surface area contributed by atoms with Gasteiger partial charge < -0.3 is 15.3 Å². The van der Waals surface area contributed by atoms with E-state index in [-0.39, 0.29) is 0 Å². The van der Waals surface area contributed by atoms with Gasteiger partial charge in [-0.25, -0.2) is 0 Å². The molecule has 1 saturated carbocycles. The molecular weight excluding hydrogens is 284 g/mol. The molecule has 2 N–H and O–H groups in total. The topological polar surface area (TPSA) is 35.5 Å². The summed E-state index contributed by atoms with van der Waals surface area (Å²) in [6.45, 7) is 13.7. The molecule has 1 aromatic carbocycles. The van der Waals surface area contributed by atoms with Gasteiger partial charge in [-0.1, -0.05) is 33.8 Å². The largest absolute Gasteiger partial charge is 0.508 e. The number of hydrogen-bond acceptors (Lipinski definition) is 3. The lowest BCUT2D eigenvalue weighted by Gasteiger charge is -2.46. The lowest BCUT2D eigenvalue weighted by atomic mass is 9.60. The van der Waals surface area contributed by atoms with Crippen molar-refractivity contribution in [1.29, 1.82) is 0 Å². The average Bonchev–Trinajstić information content (AvgIpc) is 2.45. The van der Waals surface area contributed by atoms with Crippen LogP contribution in [0.5, 0.6) is 5.75 Å². The minimum Gasteiger partial charge on any atom is -0.508 e. The smallest absolute Gasteiger partial charge is 0.117 e. The standard InChI is InChI=1S/C20H32N2O/c1-19(2)12-15(13-20(3,4)14-19)17-6-5-16(23)11-18(17)22-9-7-21-8-10-22/h5-6,11,15,21,23H,7-10,12-14H2,1-4H3. The van der Waals surface area contributed by atoms with Crippen molar-refractivity contribution in [2.75, 3.05) is 31.1 Å². The molecule has 2 fully saturated rings. The van der Waals surface area contributed by atoms with Crippen LogP contribution in [0.25, 0.3) is 0 Å². The molecule has 1 heterocycles. The van der Waals surface area contributed by atoms with E-state index in [0.29, 0.717) is 22.5 Å². The van der Waals surface area contributed by atoms with Gasteiger partial charge in [0, 0.05) is 37.9 Å². The van der Waals surface area contributed by atoms with Crippen LogP contribution in [-0.2, 0) is 0 Å².